The summed E-state index contributed by atoms with van der Waals surface area (Å²) in [6.07, 6.45) is 1.88. The minimum atomic E-state index is -0.693. The lowest BCUT2D eigenvalue weighted by molar-refractivity contribution is -0.116. The predicted octanol–water partition coefficient (Wildman–Crippen LogP) is 3.71. The number of rotatable bonds is 9. The number of hydrogen-bond donors (Lipinski definition) is 2. The highest BCUT2D eigenvalue weighted by molar-refractivity contribution is 6.31. The third-order valence-corrected chi connectivity index (χ3v) is 5.34. The standard InChI is InChI=1S/C22H27ClFN5O3/c1-4-5-11-28-20-19(21(31)27-22(28)32)29(12-13(2)3)16(26-20)9-10-17(30)25-15-8-6-7-14(23)18(15)24/h6-8,13H,4-5,9-12H2,1-3H3,(H,25,30)(H,27,31,32). The van der Waals surface area contributed by atoms with Crippen LogP contribution in [0.4, 0.5) is 10.1 Å². The fraction of sp³-hybridized carbons (Fsp3) is 0.455. The Bertz CT molecular complexity index is 1240. The Morgan fingerprint density at radius 3 is 2.72 bits per heavy atom. The number of amides is 1. The van der Waals surface area contributed by atoms with Gasteiger partial charge in [-0.3, -0.25) is 19.1 Å². The zero-order chi connectivity index (χ0) is 23.4. The minimum absolute atomic E-state index is 0.00281. The van der Waals surface area contributed by atoms with Crippen LogP contribution in [0.3, 0.4) is 0 Å². The number of aromatic amines is 1. The molecule has 32 heavy (non-hydrogen) atoms. The number of anilines is 1. The number of imidazole rings is 1. The van der Waals surface area contributed by atoms with Crippen LogP contribution in [-0.2, 0) is 24.3 Å². The maximum atomic E-state index is 14.1. The quantitative estimate of drug-likeness (QED) is 0.505. The van der Waals surface area contributed by atoms with E-state index in [-0.39, 0.29) is 29.5 Å². The van der Waals surface area contributed by atoms with Crippen LogP contribution in [0.25, 0.3) is 11.2 Å². The summed E-state index contributed by atoms with van der Waals surface area (Å²) in [6, 6.07) is 4.38. The molecule has 1 aromatic carbocycles. The molecule has 2 N–H and O–H groups in total. The second-order valence-electron chi connectivity index (χ2n) is 8.12. The molecule has 0 bridgehead atoms. The number of hydrogen-bond acceptors (Lipinski definition) is 4. The molecule has 0 saturated carbocycles. The molecular formula is C22H27ClFN5O3. The van der Waals surface area contributed by atoms with Gasteiger partial charge in [-0.1, -0.05) is 44.9 Å². The number of H-pyrrole nitrogens is 1. The summed E-state index contributed by atoms with van der Waals surface area (Å²) in [7, 11) is 0. The van der Waals surface area contributed by atoms with Gasteiger partial charge in [-0.05, 0) is 24.5 Å². The van der Waals surface area contributed by atoms with Crippen molar-refractivity contribution < 1.29 is 9.18 Å². The predicted molar refractivity (Wildman–Crippen MR) is 123 cm³/mol. The van der Waals surface area contributed by atoms with Crippen molar-refractivity contribution in [2.75, 3.05) is 5.32 Å². The Hall–Kier alpha value is -2.94. The van der Waals surface area contributed by atoms with Crippen LogP contribution in [0.15, 0.2) is 27.8 Å². The minimum Gasteiger partial charge on any atom is -0.324 e. The molecule has 0 aliphatic heterocycles. The van der Waals surface area contributed by atoms with Gasteiger partial charge in [0.25, 0.3) is 5.56 Å². The Labute approximate surface area is 189 Å². The smallest absolute Gasteiger partial charge is 0.324 e. The maximum absolute atomic E-state index is 14.1. The molecule has 0 aliphatic carbocycles. The number of unbranched alkanes of at least 4 members (excludes halogenated alkanes) is 1. The van der Waals surface area contributed by atoms with Crippen molar-refractivity contribution in [3.05, 3.63) is 55.7 Å². The van der Waals surface area contributed by atoms with Crippen molar-refractivity contribution in [2.45, 2.75) is 59.5 Å². The van der Waals surface area contributed by atoms with E-state index in [9.17, 15) is 18.8 Å². The van der Waals surface area contributed by atoms with Crippen LogP contribution < -0.4 is 16.6 Å². The fourth-order valence-electron chi connectivity index (χ4n) is 3.53. The first-order chi connectivity index (χ1) is 15.2. The van der Waals surface area contributed by atoms with Crippen LogP contribution in [0.2, 0.25) is 5.02 Å². The van der Waals surface area contributed by atoms with Gasteiger partial charge >= 0.3 is 5.69 Å². The van der Waals surface area contributed by atoms with Crippen LogP contribution in [0.5, 0.6) is 0 Å². The highest BCUT2D eigenvalue weighted by Crippen LogP contribution is 2.22. The molecule has 0 radical (unpaired) electrons. The van der Waals surface area contributed by atoms with Crippen molar-refractivity contribution in [3.63, 3.8) is 0 Å². The summed E-state index contributed by atoms with van der Waals surface area (Å²) in [5, 5.41) is 2.44. The number of aromatic nitrogens is 4. The van der Waals surface area contributed by atoms with E-state index < -0.39 is 23.0 Å². The Morgan fingerprint density at radius 1 is 1.28 bits per heavy atom. The largest absolute Gasteiger partial charge is 0.330 e. The van der Waals surface area contributed by atoms with Gasteiger partial charge in [0, 0.05) is 25.9 Å². The highest BCUT2D eigenvalue weighted by atomic mass is 35.5. The van der Waals surface area contributed by atoms with Gasteiger partial charge in [0.15, 0.2) is 17.0 Å². The highest BCUT2D eigenvalue weighted by Gasteiger charge is 2.20. The molecule has 172 valence electrons. The monoisotopic (exact) mass is 463 g/mol. The van der Waals surface area contributed by atoms with E-state index in [4.69, 9.17) is 11.6 Å². The van der Waals surface area contributed by atoms with Gasteiger partial charge < -0.3 is 9.88 Å². The first-order valence-corrected chi connectivity index (χ1v) is 11.1. The van der Waals surface area contributed by atoms with Crippen LogP contribution in [-0.4, -0.2) is 25.0 Å². The van der Waals surface area contributed by atoms with Gasteiger partial charge in [-0.15, -0.1) is 0 Å². The third kappa shape index (κ3) is 5.09. The van der Waals surface area contributed by atoms with Crippen molar-refractivity contribution in [3.8, 4) is 0 Å². The molecule has 0 aliphatic rings. The molecule has 3 aromatic rings. The zero-order valence-corrected chi connectivity index (χ0v) is 19.1. The molecule has 0 fully saturated rings. The average molecular weight is 464 g/mol. The summed E-state index contributed by atoms with van der Waals surface area (Å²) in [5.41, 5.74) is -0.341. The number of fused-ring (bicyclic) bond motifs is 1. The van der Waals surface area contributed by atoms with Crippen molar-refractivity contribution in [2.24, 2.45) is 5.92 Å². The second-order valence-corrected chi connectivity index (χ2v) is 8.53. The molecule has 10 heteroatoms. The van der Waals surface area contributed by atoms with Gasteiger partial charge in [0.1, 0.15) is 5.82 Å². The lowest BCUT2D eigenvalue weighted by Gasteiger charge is -2.12. The first-order valence-electron chi connectivity index (χ1n) is 10.7. The van der Waals surface area contributed by atoms with Gasteiger partial charge in [0.05, 0.1) is 10.7 Å². The van der Waals surface area contributed by atoms with E-state index >= 15 is 0 Å². The van der Waals surface area contributed by atoms with Gasteiger partial charge in [-0.25, -0.2) is 14.2 Å². The summed E-state index contributed by atoms with van der Waals surface area (Å²) in [6.45, 7) is 6.97. The first kappa shape index (κ1) is 23.7. The van der Waals surface area contributed by atoms with E-state index in [1.165, 1.54) is 16.7 Å². The molecular weight excluding hydrogens is 437 g/mol. The summed E-state index contributed by atoms with van der Waals surface area (Å²) >= 11 is 5.76. The summed E-state index contributed by atoms with van der Waals surface area (Å²) in [5.74, 6) is -0.375. The Balaban J connectivity index is 1.93. The number of carbonyl (C=O) groups excluding carboxylic acids is 1. The number of nitrogens with zero attached hydrogens (tertiary/aromatic N) is 3. The fourth-order valence-corrected chi connectivity index (χ4v) is 3.71. The maximum Gasteiger partial charge on any atom is 0.330 e. The molecule has 2 heterocycles. The molecule has 2 aromatic heterocycles. The van der Waals surface area contributed by atoms with Crippen molar-refractivity contribution >= 4 is 34.4 Å². The normalized spacial score (nSPS) is 11.4. The molecule has 1 amide bonds. The van der Waals surface area contributed by atoms with Crippen molar-refractivity contribution in [1.82, 2.24) is 19.1 Å². The number of benzene rings is 1. The SMILES string of the molecule is CCCCn1c(=O)[nH]c(=O)c2c1nc(CCC(=O)Nc1cccc(Cl)c1F)n2CC(C)C. The van der Waals surface area contributed by atoms with Crippen LogP contribution in [0, 0.1) is 11.7 Å². The molecule has 0 unspecified atom stereocenters. The molecule has 3 rings (SSSR count). The number of carbonyl (C=O) groups is 1. The third-order valence-electron chi connectivity index (χ3n) is 5.05. The lowest BCUT2D eigenvalue weighted by atomic mass is 10.2. The van der Waals surface area contributed by atoms with Crippen LogP contribution in [0.1, 0.15) is 45.9 Å². The van der Waals surface area contributed by atoms with E-state index in [0.717, 1.165) is 12.8 Å². The zero-order valence-electron chi connectivity index (χ0n) is 18.4. The topological polar surface area (TPSA) is 102 Å². The molecule has 8 nitrogen and oxygen atoms in total. The van der Waals surface area contributed by atoms with E-state index in [1.807, 2.05) is 20.8 Å². The van der Waals surface area contributed by atoms with E-state index in [2.05, 4.69) is 15.3 Å². The van der Waals surface area contributed by atoms with Crippen molar-refractivity contribution in [1.29, 1.82) is 0 Å². The van der Waals surface area contributed by atoms with Crippen LogP contribution >= 0.6 is 11.6 Å². The number of nitrogens with one attached hydrogen (secondary N) is 2. The van der Waals surface area contributed by atoms with E-state index in [1.54, 1.807) is 10.6 Å². The van der Waals surface area contributed by atoms with Gasteiger partial charge in [0.2, 0.25) is 5.91 Å². The average Bonchev–Trinajstić information content (AvgIpc) is 3.07. The number of aryl methyl sites for hydroxylation is 2. The summed E-state index contributed by atoms with van der Waals surface area (Å²) in [4.78, 5) is 44.4. The Morgan fingerprint density at radius 2 is 2.03 bits per heavy atom. The Kier molecular flexibility index (Phi) is 7.50. The molecule has 0 spiro atoms. The lowest BCUT2D eigenvalue weighted by Crippen LogP contribution is -2.31. The summed E-state index contributed by atoms with van der Waals surface area (Å²) < 4.78 is 17.3. The van der Waals surface area contributed by atoms with E-state index in [0.29, 0.717) is 30.1 Å². The molecule has 0 saturated heterocycles. The second kappa shape index (κ2) is 10.1. The number of halogens is 2. The molecule has 0 atom stereocenters. The van der Waals surface area contributed by atoms with Gasteiger partial charge in [-0.2, -0.15) is 0 Å².